The number of aromatic nitrogens is 2. The van der Waals surface area contributed by atoms with Gasteiger partial charge in [-0.15, -0.1) is 0 Å². The van der Waals surface area contributed by atoms with Crippen LogP contribution in [-0.4, -0.2) is 26.6 Å². The van der Waals surface area contributed by atoms with Crippen molar-refractivity contribution in [3.63, 3.8) is 0 Å². The largest absolute Gasteiger partial charge is 0.273 e. The van der Waals surface area contributed by atoms with Gasteiger partial charge in [0, 0.05) is 31.3 Å². The normalized spacial score (nSPS) is 17.0. The van der Waals surface area contributed by atoms with E-state index in [0.29, 0.717) is 6.42 Å². The third kappa shape index (κ3) is 2.78. The van der Waals surface area contributed by atoms with Gasteiger partial charge in [-0.05, 0) is 18.6 Å². The SMILES string of the molecule is CC(=O)N1N=C(c2ccc(C)cc2)C[C@H]1c1cccc2nccnc12. The smallest absolute Gasteiger partial charge is 0.240 e. The van der Waals surface area contributed by atoms with Crippen LogP contribution in [0.3, 0.4) is 0 Å². The highest BCUT2D eigenvalue weighted by molar-refractivity contribution is 6.03. The van der Waals surface area contributed by atoms with E-state index in [0.717, 1.165) is 27.9 Å². The van der Waals surface area contributed by atoms with E-state index in [1.807, 2.05) is 18.2 Å². The molecular formula is C20H18N4O. The number of para-hydroxylation sites is 1. The second-order valence-corrected chi connectivity index (χ2v) is 6.27. The zero-order chi connectivity index (χ0) is 17.4. The highest BCUT2D eigenvalue weighted by Crippen LogP contribution is 2.35. The van der Waals surface area contributed by atoms with Crippen molar-refractivity contribution in [3.05, 3.63) is 71.5 Å². The molecule has 1 aromatic heterocycles. The molecule has 5 nitrogen and oxygen atoms in total. The highest BCUT2D eigenvalue weighted by Gasteiger charge is 2.32. The van der Waals surface area contributed by atoms with Gasteiger partial charge >= 0.3 is 0 Å². The Bertz CT molecular complexity index is 973. The molecule has 2 aromatic carbocycles. The maximum absolute atomic E-state index is 12.2. The van der Waals surface area contributed by atoms with E-state index < -0.39 is 0 Å². The molecule has 0 aliphatic carbocycles. The van der Waals surface area contributed by atoms with Crippen LogP contribution < -0.4 is 0 Å². The minimum absolute atomic E-state index is 0.0759. The Morgan fingerprint density at radius 2 is 1.84 bits per heavy atom. The van der Waals surface area contributed by atoms with E-state index in [2.05, 4.69) is 46.3 Å². The number of hydrazone groups is 1. The second-order valence-electron chi connectivity index (χ2n) is 6.27. The van der Waals surface area contributed by atoms with Gasteiger partial charge < -0.3 is 0 Å². The van der Waals surface area contributed by atoms with Crippen molar-refractivity contribution in [1.82, 2.24) is 15.0 Å². The van der Waals surface area contributed by atoms with Gasteiger partial charge in [-0.2, -0.15) is 5.10 Å². The van der Waals surface area contributed by atoms with Crippen molar-refractivity contribution in [2.24, 2.45) is 5.10 Å². The number of carbonyl (C=O) groups is 1. The summed E-state index contributed by atoms with van der Waals surface area (Å²) in [5.74, 6) is -0.0759. The molecule has 1 aliphatic rings. The van der Waals surface area contributed by atoms with Crippen LogP contribution in [0.2, 0.25) is 0 Å². The molecule has 1 atom stereocenters. The number of hydrogen-bond donors (Lipinski definition) is 0. The topological polar surface area (TPSA) is 58.5 Å². The fourth-order valence-electron chi connectivity index (χ4n) is 3.25. The standard InChI is InChI=1S/C20H18N4O/c1-13-6-8-15(9-7-13)18-12-19(24(23-18)14(2)25)16-4-3-5-17-20(16)22-11-10-21-17/h3-11,19H,12H2,1-2H3/t19-/m0/s1. The monoisotopic (exact) mass is 330 g/mol. The highest BCUT2D eigenvalue weighted by atomic mass is 16.2. The number of amides is 1. The molecule has 2 heterocycles. The van der Waals surface area contributed by atoms with Crippen LogP contribution in [0.4, 0.5) is 0 Å². The first-order valence-corrected chi connectivity index (χ1v) is 8.27. The van der Waals surface area contributed by atoms with Crippen molar-refractivity contribution >= 4 is 22.7 Å². The molecule has 5 heteroatoms. The Morgan fingerprint density at radius 3 is 2.60 bits per heavy atom. The van der Waals surface area contributed by atoms with E-state index in [1.54, 1.807) is 24.3 Å². The number of aryl methyl sites for hydroxylation is 1. The summed E-state index contributed by atoms with van der Waals surface area (Å²) in [5.41, 5.74) is 5.79. The molecule has 124 valence electrons. The summed E-state index contributed by atoms with van der Waals surface area (Å²) in [7, 11) is 0. The van der Waals surface area contributed by atoms with Gasteiger partial charge in [0.1, 0.15) is 0 Å². The predicted molar refractivity (Wildman–Crippen MR) is 97.1 cm³/mol. The molecule has 4 rings (SSSR count). The number of rotatable bonds is 2. The first-order valence-electron chi connectivity index (χ1n) is 8.27. The van der Waals surface area contributed by atoms with E-state index in [-0.39, 0.29) is 11.9 Å². The van der Waals surface area contributed by atoms with Crippen molar-refractivity contribution in [1.29, 1.82) is 0 Å². The Labute approximate surface area is 146 Å². The van der Waals surface area contributed by atoms with Crippen LogP contribution in [0.1, 0.15) is 36.1 Å². The summed E-state index contributed by atoms with van der Waals surface area (Å²) in [6, 6.07) is 14.0. The molecule has 25 heavy (non-hydrogen) atoms. The Hall–Kier alpha value is -3.08. The average molecular weight is 330 g/mol. The minimum Gasteiger partial charge on any atom is -0.273 e. The third-order valence-corrected chi connectivity index (χ3v) is 4.51. The summed E-state index contributed by atoms with van der Waals surface area (Å²) in [5, 5.41) is 6.17. The zero-order valence-electron chi connectivity index (χ0n) is 14.2. The van der Waals surface area contributed by atoms with Crippen LogP contribution in [0.25, 0.3) is 11.0 Å². The van der Waals surface area contributed by atoms with Crippen molar-refractivity contribution < 1.29 is 4.79 Å². The van der Waals surface area contributed by atoms with Gasteiger partial charge in [-0.25, -0.2) is 5.01 Å². The molecule has 0 spiro atoms. The molecule has 0 saturated heterocycles. The Kier molecular flexibility index (Phi) is 3.76. The van der Waals surface area contributed by atoms with Gasteiger partial charge in [0.25, 0.3) is 0 Å². The first-order chi connectivity index (χ1) is 12.1. The van der Waals surface area contributed by atoms with Crippen LogP contribution in [0.5, 0.6) is 0 Å². The number of nitrogens with zero attached hydrogens (tertiary/aromatic N) is 4. The van der Waals surface area contributed by atoms with Crippen molar-refractivity contribution in [2.45, 2.75) is 26.3 Å². The lowest BCUT2D eigenvalue weighted by Gasteiger charge is -2.21. The lowest BCUT2D eigenvalue weighted by molar-refractivity contribution is -0.130. The number of hydrogen-bond acceptors (Lipinski definition) is 4. The summed E-state index contributed by atoms with van der Waals surface area (Å²) < 4.78 is 0. The summed E-state index contributed by atoms with van der Waals surface area (Å²) in [6.07, 6.45) is 4.02. The summed E-state index contributed by atoms with van der Waals surface area (Å²) in [6.45, 7) is 3.60. The predicted octanol–water partition coefficient (Wildman–Crippen LogP) is 3.64. The number of benzene rings is 2. The first kappa shape index (κ1) is 15.4. The average Bonchev–Trinajstić information content (AvgIpc) is 3.07. The van der Waals surface area contributed by atoms with Gasteiger partial charge in [0.05, 0.1) is 22.8 Å². The molecule has 0 fully saturated rings. The molecule has 0 unspecified atom stereocenters. The maximum Gasteiger partial charge on any atom is 0.240 e. The molecule has 3 aromatic rings. The van der Waals surface area contributed by atoms with E-state index in [1.165, 1.54) is 5.56 Å². The molecule has 0 bridgehead atoms. The van der Waals surface area contributed by atoms with Crippen LogP contribution in [-0.2, 0) is 4.79 Å². The van der Waals surface area contributed by atoms with E-state index in [9.17, 15) is 4.79 Å². The molecular weight excluding hydrogens is 312 g/mol. The van der Waals surface area contributed by atoms with Crippen LogP contribution in [0.15, 0.2) is 60.0 Å². The lowest BCUT2D eigenvalue weighted by atomic mass is 9.97. The lowest BCUT2D eigenvalue weighted by Crippen LogP contribution is -2.24. The summed E-state index contributed by atoms with van der Waals surface area (Å²) in [4.78, 5) is 21.0. The number of fused-ring (bicyclic) bond motifs is 1. The molecule has 0 radical (unpaired) electrons. The fourth-order valence-corrected chi connectivity index (χ4v) is 3.25. The maximum atomic E-state index is 12.2. The Balaban J connectivity index is 1.77. The van der Waals surface area contributed by atoms with Crippen LogP contribution in [0, 0.1) is 6.92 Å². The fraction of sp³-hybridized carbons (Fsp3) is 0.200. The molecule has 1 aliphatic heterocycles. The molecule has 0 saturated carbocycles. The van der Waals surface area contributed by atoms with E-state index in [4.69, 9.17) is 0 Å². The Morgan fingerprint density at radius 1 is 1.08 bits per heavy atom. The quantitative estimate of drug-likeness (QED) is 0.721. The summed E-state index contributed by atoms with van der Waals surface area (Å²) >= 11 is 0. The van der Waals surface area contributed by atoms with Gasteiger partial charge in [0.15, 0.2) is 0 Å². The third-order valence-electron chi connectivity index (χ3n) is 4.51. The van der Waals surface area contributed by atoms with Gasteiger partial charge in [-0.1, -0.05) is 42.0 Å². The van der Waals surface area contributed by atoms with Crippen molar-refractivity contribution in [3.8, 4) is 0 Å². The van der Waals surface area contributed by atoms with Crippen LogP contribution >= 0.6 is 0 Å². The molecule has 1 amide bonds. The zero-order valence-corrected chi connectivity index (χ0v) is 14.2. The van der Waals surface area contributed by atoms with Crippen molar-refractivity contribution in [2.75, 3.05) is 0 Å². The number of carbonyl (C=O) groups excluding carboxylic acids is 1. The molecule has 0 N–H and O–H groups in total. The van der Waals surface area contributed by atoms with Gasteiger partial charge in [0.2, 0.25) is 5.91 Å². The van der Waals surface area contributed by atoms with Gasteiger partial charge in [-0.3, -0.25) is 14.8 Å². The van der Waals surface area contributed by atoms with E-state index >= 15 is 0 Å². The second kappa shape index (κ2) is 6.09. The minimum atomic E-state index is -0.158.